The van der Waals surface area contributed by atoms with Gasteiger partial charge in [-0.25, -0.2) is 9.07 Å². The number of aromatic nitrogens is 2. The maximum atomic E-state index is 13.2. The second-order valence-corrected chi connectivity index (χ2v) is 7.64. The number of rotatable bonds is 3. The van der Waals surface area contributed by atoms with Gasteiger partial charge in [-0.15, -0.1) is 0 Å². The molecule has 0 radical (unpaired) electrons. The molecule has 2 aliphatic rings. The lowest BCUT2D eigenvalue weighted by Crippen LogP contribution is -2.43. The highest BCUT2D eigenvalue weighted by Crippen LogP contribution is 2.52. The van der Waals surface area contributed by atoms with E-state index in [1.807, 2.05) is 10.9 Å². The predicted molar refractivity (Wildman–Crippen MR) is 96.9 cm³/mol. The summed E-state index contributed by atoms with van der Waals surface area (Å²) in [4.78, 5) is 0. The maximum Gasteiger partial charge on any atom is 0.123 e. The Labute approximate surface area is 152 Å². The lowest BCUT2D eigenvalue weighted by molar-refractivity contribution is 0.0261. The fourth-order valence-corrected chi connectivity index (χ4v) is 4.72. The van der Waals surface area contributed by atoms with Crippen molar-refractivity contribution >= 4 is 6.08 Å². The Hall–Kier alpha value is -2.45. The van der Waals surface area contributed by atoms with E-state index in [0.717, 1.165) is 42.6 Å². The van der Waals surface area contributed by atoms with Crippen LogP contribution in [0.1, 0.15) is 43.9 Å². The van der Waals surface area contributed by atoms with E-state index in [4.69, 9.17) is 5.26 Å². The Kier molecular flexibility index (Phi) is 4.16. The van der Waals surface area contributed by atoms with Crippen molar-refractivity contribution in [3.05, 3.63) is 53.1 Å². The van der Waals surface area contributed by atoms with Gasteiger partial charge in [-0.1, -0.05) is 12.5 Å². The standard InChI is InChI=1S/C21H22FN3O/c1-21-12-14-13-24-25(17-7-5-16(22)6-8-17)19(14)11-15(21)3-2-4-18(21)20(26)9-10-23/h5-8,11,13,18,20,26H,2-4,9,12H2,1H3/t18-,20+,21+/m1/s1. The van der Waals surface area contributed by atoms with Crippen LogP contribution in [0, 0.1) is 28.5 Å². The zero-order chi connectivity index (χ0) is 18.3. The maximum absolute atomic E-state index is 13.2. The van der Waals surface area contributed by atoms with Gasteiger partial charge in [0.25, 0.3) is 0 Å². The largest absolute Gasteiger partial charge is 0.392 e. The molecule has 0 spiro atoms. The Morgan fingerprint density at radius 2 is 2.19 bits per heavy atom. The molecule has 5 heteroatoms. The molecule has 4 nitrogen and oxygen atoms in total. The van der Waals surface area contributed by atoms with E-state index in [0.29, 0.717) is 0 Å². The Bertz CT molecular complexity index is 893. The van der Waals surface area contributed by atoms with E-state index in [2.05, 4.69) is 24.2 Å². The molecule has 134 valence electrons. The number of hydrogen-bond acceptors (Lipinski definition) is 3. The Balaban J connectivity index is 1.74. The van der Waals surface area contributed by atoms with Gasteiger partial charge < -0.3 is 5.11 Å². The van der Waals surface area contributed by atoms with Crippen molar-refractivity contribution in [2.45, 2.75) is 45.1 Å². The Morgan fingerprint density at radius 3 is 2.92 bits per heavy atom. The van der Waals surface area contributed by atoms with Crippen molar-refractivity contribution in [1.29, 1.82) is 5.26 Å². The molecule has 2 aliphatic carbocycles. The lowest BCUT2D eigenvalue weighted by Gasteiger charge is -2.47. The number of fused-ring (bicyclic) bond motifs is 2. The van der Waals surface area contributed by atoms with Crippen molar-refractivity contribution in [2.75, 3.05) is 0 Å². The summed E-state index contributed by atoms with van der Waals surface area (Å²) in [6.45, 7) is 2.21. The van der Waals surface area contributed by atoms with Gasteiger partial charge in [-0.3, -0.25) is 0 Å². The fraction of sp³-hybridized carbons (Fsp3) is 0.429. The average molecular weight is 351 g/mol. The third-order valence-electron chi connectivity index (χ3n) is 6.10. The third kappa shape index (κ3) is 2.65. The van der Waals surface area contributed by atoms with Crippen LogP contribution in [0.5, 0.6) is 0 Å². The molecule has 1 fully saturated rings. The number of aliphatic hydroxyl groups is 1. The predicted octanol–water partition coefficient (Wildman–Crippen LogP) is 4.03. The van der Waals surface area contributed by atoms with Crippen LogP contribution in [-0.4, -0.2) is 21.0 Å². The van der Waals surface area contributed by atoms with Gasteiger partial charge in [0.05, 0.1) is 36.2 Å². The molecule has 0 aliphatic heterocycles. The summed E-state index contributed by atoms with van der Waals surface area (Å²) in [6.07, 6.45) is 7.42. The summed E-state index contributed by atoms with van der Waals surface area (Å²) in [7, 11) is 0. The van der Waals surface area contributed by atoms with E-state index in [1.165, 1.54) is 17.7 Å². The molecule has 1 aromatic carbocycles. The Morgan fingerprint density at radius 1 is 1.42 bits per heavy atom. The molecule has 3 atom stereocenters. The molecular formula is C21H22FN3O. The van der Waals surface area contributed by atoms with Gasteiger partial charge in [0.1, 0.15) is 5.82 Å². The number of nitriles is 1. The monoisotopic (exact) mass is 351 g/mol. The number of benzene rings is 1. The smallest absolute Gasteiger partial charge is 0.123 e. The van der Waals surface area contributed by atoms with Crippen molar-refractivity contribution in [3.8, 4) is 11.8 Å². The first kappa shape index (κ1) is 17.0. The van der Waals surface area contributed by atoms with Crippen molar-refractivity contribution in [2.24, 2.45) is 11.3 Å². The molecule has 4 rings (SSSR count). The number of halogens is 1. The van der Waals surface area contributed by atoms with Crippen LogP contribution in [0.25, 0.3) is 11.8 Å². The van der Waals surface area contributed by atoms with Gasteiger partial charge in [0, 0.05) is 0 Å². The molecule has 1 saturated carbocycles. The van der Waals surface area contributed by atoms with Crippen molar-refractivity contribution < 1.29 is 9.50 Å². The topological polar surface area (TPSA) is 61.8 Å². The molecule has 1 aromatic heterocycles. The molecule has 2 aromatic rings. The van der Waals surface area contributed by atoms with Crippen LogP contribution < -0.4 is 0 Å². The van der Waals surface area contributed by atoms with Crippen LogP contribution in [0.3, 0.4) is 0 Å². The van der Waals surface area contributed by atoms with E-state index in [9.17, 15) is 9.50 Å². The zero-order valence-corrected chi connectivity index (χ0v) is 14.8. The molecule has 26 heavy (non-hydrogen) atoms. The third-order valence-corrected chi connectivity index (χ3v) is 6.10. The van der Waals surface area contributed by atoms with Crippen LogP contribution >= 0.6 is 0 Å². The second-order valence-electron chi connectivity index (χ2n) is 7.64. The highest BCUT2D eigenvalue weighted by Gasteiger charge is 2.46. The van der Waals surface area contributed by atoms with Gasteiger partial charge >= 0.3 is 0 Å². The van der Waals surface area contributed by atoms with Crippen molar-refractivity contribution in [3.63, 3.8) is 0 Å². The van der Waals surface area contributed by atoms with Crippen LogP contribution in [-0.2, 0) is 6.42 Å². The molecule has 0 saturated heterocycles. The minimum Gasteiger partial charge on any atom is -0.392 e. The van der Waals surface area contributed by atoms with Crippen LogP contribution in [0.4, 0.5) is 4.39 Å². The van der Waals surface area contributed by atoms with Crippen molar-refractivity contribution in [1.82, 2.24) is 9.78 Å². The normalized spacial score (nSPS) is 25.6. The summed E-state index contributed by atoms with van der Waals surface area (Å²) in [5.41, 5.74) is 4.20. The molecular weight excluding hydrogens is 329 g/mol. The molecule has 0 amide bonds. The van der Waals surface area contributed by atoms with E-state index < -0.39 is 6.10 Å². The lowest BCUT2D eigenvalue weighted by atomic mass is 9.58. The molecule has 0 bridgehead atoms. The first-order valence-electron chi connectivity index (χ1n) is 9.12. The number of allylic oxidation sites excluding steroid dienone is 1. The quantitative estimate of drug-likeness (QED) is 0.908. The summed E-state index contributed by atoms with van der Waals surface area (Å²) in [5, 5.41) is 24.0. The fourth-order valence-electron chi connectivity index (χ4n) is 4.72. The highest BCUT2D eigenvalue weighted by atomic mass is 19.1. The van der Waals surface area contributed by atoms with Crippen LogP contribution in [0.15, 0.2) is 36.0 Å². The average Bonchev–Trinajstić information content (AvgIpc) is 3.01. The summed E-state index contributed by atoms with van der Waals surface area (Å²) >= 11 is 0. The number of nitrogens with zero attached hydrogens (tertiary/aromatic N) is 3. The molecule has 0 unspecified atom stereocenters. The van der Waals surface area contributed by atoms with Gasteiger partial charge in [0.2, 0.25) is 0 Å². The van der Waals surface area contributed by atoms with E-state index in [-0.39, 0.29) is 23.6 Å². The first-order chi connectivity index (χ1) is 12.5. The van der Waals surface area contributed by atoms with Gasteiger partial charge in [-0.05, 0) is 72.9 Å². The minimum absolute atomic E-state index is 0.0875. The van der Waals surface area contributed by atoms with E-state index >= 15 is 0 Å². The second kappa shape index (κ2) is 6.37. The molecule has 1 N–H and O–H groups in total. The summed E-state index contributed by atoms with van der Waals surface area (Å²) in [6, 6.07) is 8.46. The molecule has 1 heterocycles. The minimum atomic E-state index is -0.595. The van der Waals surface area contributed by atoms with E-state index in [1.54, 1.807) is 12.1 Å². The highest BCUT2D eigenvalue weighted by molar-refractivity contribution is 5.61. The number of aliphatic hydroxyl groups excluding tert-OH is 1. The summed E-state index contributed by atoms with van der Waals surface area (Å²) in [5.74, 6) is -0.174. The zero-order valence-electron chi connectivity index (χ0n) is 14.8. The summed E-state index contributed by atoms with van der Waals surface area (Å²) < 4.78 is 15.1. The number of hydrogen-bond donors (Lipinski definition) is 1. The SMILES string of the molecule is C[C@]12Cc3cnn(-c4ccc(F)cc4)c3C=C1CCC[C@@H]2[C@@H](O)CC#N. The van der Waals surface area contributed by atoms with Gasteiger partial charge in [0.15, 0.2) is 0 Å². The van der Waals surface area contributed by atoms with Crippen LogP contribution in [0.2, 0.25) is 0 Å². The van der Waals surface area contributed by atoms with Gasteiger partial charge in [-0.2, -0.15) is 10.4 Å². The first-order valence-corrected chi connectivity index (χ1v) is 9.12.